The lowest BCUT2D eigenvalue weighted by Gasteiger charge is -2.18. The molecule has 1 amide bonds. The summed E-state index contributed by atoms with van der Waals surface area (Å²) in [6.45, 7) is 2.42. The first-order valence-corrected chi connectivity index (χ1v) is 6.94. The van der Waals surface area contributed by atoms with Crippen LogP contribution in [0, 0.1) is 18.3 Å². The molecule has 2 aromatic carbocycles. The molecule has 112 valence electrons. The Bertz CT molecular complexity index is 715. The highest BCUT2D eigenvalue weighted by molar-refractivity contribution is 5.94. The molecule has 0 N–H and O–H groups in total. The number of amides is 1. The Balaban J connectivity index is 2.13. The number of methoxy groups -OCH3 is 1. The average molecular weight is 294 g/mol. The van der Waals surface area contributed by atoms with Crippen molar-refractivity contribution in [2.24, 2.45) is 0 Å². The first-order valence-electron chi connectivity index (χ1n) is 6.94. The van der Waals surface area contributed by atoms with Gasteiger partial charge < -0.3 is 9.64 Å². The van der Waals surface area contributed by atoms with E-state index in [9.17, 15) is 4.79 Å². The molecule has 0 aliphatic rings. The number of ether oxygens (including phenoxy) is 1. The molecule has 0 heterocycles. The Hall–Kier alpha value is -2.80. The fourth-order valence-electron chi connectivity index (χ4n) is 2.20. The summed E-state index contributed by atoms with van der Waals surface area (Å²) in [7, 11) is 3.35. The normalized spacial score (nSPS) is 9.91. The van der Waals surface area contributed by atoms with Crippen molar-refractivity contribution in [3.05, 3.63) is 64.7 Å². The molecule has 0 aromatic heterocycles. The molecule has 0 unspecified atom stereocenters. The number of carbonyl (C=O) groups excluding carboxylic acids is 1. The van der Waals surface area contributed by atoms with Crippen LogP contribution in [0.5, 0.6) is 5.75 Å². The van der Waals surface area contributed by atoms with Gasteiger partial charge in [0.15, 0.2) is 0 Å². The van der Waals surface area contributed by atoms with E-state index < -0.39 is 0 Å². The zero-order valence-electron chi connectivity index (χ0n) is 13.0. The van der Waals surface area contributed by atoms with E-state index in [4.69, 9.17) is 10.00 Å². The molecule has 0 radical (unpaired) electrons. The summed E-state index contributed by atoms with van der Waals surface area (Å²) in [4.78, 5) is 14.1. The number of hydrogen-bond donors (Lipinski definition) is 0. The maximum Gasteiger partial charge on any atom is 0.254 e. The number of aryl methyl sites for hydroxylation is 1. The van der Waals surface area contributed by atoms with Gasteiger partial charge >= 0.3 is 0 Å². The van der Waals surface area contributed by atoms with Crippen molar-refractivity contribution in [2.45, 2.75) is 13.5 Å². The van der Waals surface area contributed by atoms with Crippen LogP contribution < -0.4 is 4.74 Å². The topological polar surface area (TPSA) is 53.3 Å². The Morgan fingerprint density at radius 1 is 1.23 bits per heavy atom. The second-order valence-corrected chi connectivity index (χ2v) is 5.15. The van der Waals surface area contributed by atoms with Crippen molar-refractivity contribution in [3.63, 3.8) is 0 Å². The minimum atomic E-state index is -0.0670. The molecule has 0 aliphatic heterocycles. The van der Waals surface area contributed by atoms with Crippen LogP contribution in [0.15, 0.2) is 42.5 Å². The van der Waals surface area contributed by atoms with Gasteiger partial charge in [-0.25, -0.2) is 0 Å². The lowest BCUT2D eigenvalue weighted by molar-refractivity contribution is 0.0784. The van der Waals surface area contributed by atoms with Crippen molar-refractivity contribution >= 4 is 5.91 Å². The second kappa shape index (κ2) is 6.77. The van der Waals surface area contributed by atoms with Crippen LogP contribution in [-0.4, -0.2) is 25.0 Å². The lowest BCUT2D eigenvalue weighted by atomic mass is 10.1. The zero-order chi connectivity index (χ0) is 16.1. The third-order valence-electron chi connectivity index (χ3n) is 3.50. The van der Waals surface area contributed by atoms with Gasteiger partial charge in [0.25, 0.3) is 5.91 Å². The molecule has 0 atom stereocenters. The van der Waals surface area contributed by atoms with Crippen molar-refractivity contribution in [2.75, 3.05) is 14.2 Å². The van der Waals surface area contributed by atoms with E-state index in [0.29, 0.717) is 23.4 Å². The molecule has 0 aliphatic carbocycles. The Kier molecular flexibility index (Phi) is 4.80. The molecule has 0 fully saturated rings. The number of nitriles is 1. The van der Waals surface area contributed by atoms with E-state index in [0.717, 1.165) is 11.1 Å². The third-order valence-corrected chi connectivity index (χ3v) is 3.50. The third kappa shape index (κ3) is 3.44. The van der Waals surface area contributed by atoms with E-state index in [1.807, 2.05) is 25.1 Å². The largest absolute Gasteiger partial charge is 0.496 e. The molecule has 0 saturated heterocycles. The Labute approximate surface area is 130 Å². The van der Waals surface area contributed by atoms with E-state index >= 15 is 0 Å². The van der Waals surface area contributed by atoms with E-state index in [1.54, 1.807) is 43.3 Å². The van der Waals surface area contributed by atoms with Crippen molar-refractivity contribution < 1.29 is 9.53 Å². The van der Waals surface area contributed by atoms with Crippen LogP contribution in [-0.2, 0) is 6.54 Å². The quantitative estimate of drug-likeness (QED) is 0.870. The Morgan fingerprint density at radius 2 is 1.91 bits per heavy atom. The highest BCUT2D eigenvalue weighted by atomic mass is 16.5. The van der Waals surface area contributed by atoms with Gasteiger partial charge in [-0.05, 0) is 42.3 Å². The molecule has 4 nitrogen and oxygen atoms in total. The van der Waals surface area contributed by atoms with E-state index in [-0.39, 0.29) is 5.91 Å². The summed E-state index contributed by atoms with van der Waals surface area (Å²) in [5.41, 5.74) is 3.18. The first-order chi connectivity index (χ1) is 10.5. The predicted octanol–water partition coefficient (Wildman–Crippen LogP) is 3.15. The molecule has 22 heavy (non-hydrogen) atoms. The molecular formula is C18H18N2O2. The highest BCUT2D eigenvalue weighted by Gasteiger charge is 2.13. The summed E-state index contributed by atoms with van der Waals surface area (Å²) in [6.07, 6.45) is 0. The molecule has 0 spiro atoms. The number of nitrogens with zero attached hydrogens (tertiary/aromatic N) is 2. The summed E-state index contributed by atoms with van der Waals surface area (Å²) < 4.78 is 5.26. The van der Waals surface area contributed by atoms with Crippen LogP contribution >= 0.6 is 0 Å². The lowest BCUT2D eigenvalue weighted by Crippen LogP contribution is -2.26. The molecule has 2 rings (SSSR count). The second-order valence-electron chi connectivity index (χ2n) is 5.15. The molecular weight excluding hydrogens is 276 g/mol. The standard InChI is InChI=1S/C18H18N2O2/c1-13-4-9-16(10-17(13)22-3)18(21)20(2)12-15-7-5-14(11-19)6-8-15/h4-10H,12H2,1-3H3. The molecule has 2 aromatic rings. The van der Waals surface area contributed by atoms with Crippen LogP contribution in [0.1, 0.15) is 27.0 Å². The van der Waals surface area contributed by atoms with E-state index in [2.05, 4.69) is 6.07 Å². The fraction of sp³-hybridized carbons (Fsp3) is 0.222. The fourth-order valence-corrected chi connectivity index (χ4v) is 2.20. The number of rotatable bonds is 4. The number of carbonyl (C=O) groups is 1. The zero-order valence-corrected chi connectivity index (χ0v) is 13.0. The van der Waals surface area contributed by atoms with Gasteiger partial charge in [0.05, 0.1) is 18.7 Å². The molecule has 0 bridgehead atoms. The van der Waals surface area contributed by atoms with Crippen LogP contribution in [0.2, 0.25) is 0 Å². The van der Waals surface area contributed by atoms with Crippen molar-refractivity contribution in [1.82, 2.24) is 4.90 Å². The Morgan fingerprint density at radius 3 is 2.50 bits per heavy atom. The average Bonchev–Trinajstić information content (AvgIpc) is 2.55. The van der Waals surface area contributed by atoms with Crippen molar-refractivity contribution in [3.8, 4) is 11.8 Å². The van der Waals surface area contributed by atoms with Gasteiger partial charge in [-0.15, -0.1) is 0 Å². The highest BCUT2D eigenvalue weighted by Crippen LogP contribution is 2.20. The predicted molar refractivity (Wildman–Crippen MR) is 84.7 cm³/mol. The van der Waals surface area contributed by atoms with Gasteiger partial charge in [-0.3, -0.25) is 4.79 Å². The smallest absolute Gasteiger partial charge is 0.254 e. The van der Waals surface area contributed by atoms with Crippen molar-refractivity contribution in [1.29, 1.82) is 5.26 Å². The minimum Gasteiger partial charge on any atom is -0.496 e. The molecule has 0 saturated carbocycles. The van der Waals surface area contributed by atoms with Gasteiger partial charge in [0, 0.05) is 19.2 Å². The van der Waals surface area contributed by atoms with Crippen LogP contribution in [0.3, 0.4) is 0 Å². The number of hydrogen-bond acceptors (Lipinski definition) is 3. The van der Waals surface area contributed by atoms with Crippen LogP contribution in [0.4, 0.5) is 0 Å². The van der Waals surface area contributed by atoms with E-state index in [1.165, 1.54) is 0 Å². The SMILES string of the molecule is COc1cc(C(=O)N(C)Cc2ccc(C#N)cc2)ccc1C. The van der Waals surface area contributed by atoms with Crippen LogP contribution in [0.25, 0.3) is 0 Å². The van der Waals surface area contributed by atoms with Gasteiger partial charge in [0.1, 0.15) is 5.75 Å². The van der Waals surface area contributed by atoms with Gasteiger partial charge in [0.2, 0.25) is 0 Å². The summed E-state index contributed by atoms with van der Waals surface area (Å²) >= 11 is 0. The van der Waals surface area contributed by atoms with Gasteiger partial charge in [-0.1, -0.05) is 18.2 Å². The maximum absolute atomic E-state index is 12.5. The summed E-state index contributed by atoms with van der Waals surface area (Å²) in [5, 5.41) is 8.79. The summed E-state index contributed by atoms with van der Waals surface area (Å²) in [6, 6.07) is 14.7. The number of benzene rings is 2. The summed E-state index contributed by atoms with van der Waals surface area (Å²) in [5.74, 6) is 0.639. The van der Waals surface area contributed by atoms with Gasteiger partial charge in [-0.2, -0.15) is 5.26 Å². The maximum atomic E-state index is 12.5. The monoisotopic (exact) mass is 294 g/mol. The minimum absolute atomic E-state index is 0.0670. The molecule has 4 heteroatoms. The first kappa shape index (κ1) is 15.6.